The molecular formula is C19H13N. The van der Waals surface area contributed by atoms with Gasteiger partial charge in [0.25, 0.3) is 0 Å². The summed E-state index contributed by atoms with van der Waals surface area (Å²) in [4.78, 5) is 4.80. The fourth-order valence-electron chi connectivity index (χ4n) is 2.66. The fourth-order valence-corrected chi connectivity index (χ4v) is 2.66. The maximum Gasteiger partial charge on any atom is 0.0721 e. The summed E-state index contributed by atoms with van der Waals surface area (Å²) in [6.45, 7) is 0. The topological polar surface area (TPSA) is 12.9 Å². The maximum absolute atomic E-state index is 4.80. The van der Waals surface area contributed by atoms with E-state index in [-0.39, 0.29) is 0 Å². The van der Waals surface area contributed by atoms with Crippen LogP contribution in [0, 0.1) is 0 Å². The van der Waals surface area contributed by atoms with E-state index >= 15 is 0 Å². The Morgan fingerprint density at radius 1 is 0.600 bits per heavy atom. The van der Waals surface area contributed by atoms with Crippen molar-refractivity contribution in [2.24, 2.45) is 0 Å². The molecule has 0 amide bonds. The van der Waals surface area contributed by atoms with Crippen molar-refractivity contribution in [2.75, 3.05) is 0 Å². The van der Waals surface area contributed by atoms with Gasteiger partial charge in [0, 0.05) is 10.9 Å². The second-order valence-electron chi connectivity index (χ2n) is 4.92. The van der Waals surface area contributed by atoms with E-state index in [4.69, 9.17) is 4.98 Å². The molecule has 1 aromatic carbocycles. The van der Waals surface area contributed by atoms with E-state index in [1.54, 1.807) is 0 Å². The van der Waals surface area contributed by atoms with E-state index < -0.39 is 0 Å². The summed E-state index contributed by atoms with van der Waals surface area (Å²) in [5.41, 5.74) is 5.75. The Morgan fingerprint density at radius 3 is 2.10 bits per heavy atom. The molecule has 0 bridgehead atoms. The van der Waals surface area contributed by atoms with Gasteiger partial charge in [-0.25, -0.2) is 4.98 Å². The van der Waals surface area contributed by atoms with Crippen LogP contribution >= 0.6 is 0 Å². The van der Waals surface area contributed by atoms with Crippen LogP contribution < -0.4 is 0 Å². The van der Waals surface area contributed by atoms with E-state index in [1.165, 1.54) is 16.5 Å². The van der Waals surface area contributed by atoms with Crippen molar-refractivity contribution in [3.8, 4) is 22.4 Å². The van der Waals surface area contributed by atoms with E-state index in [0.29, 0.717) is 0 Å². The Hall–Kier alpha value is -2.67. The SMILES string of the molecule is c1ccc(-c2ccc3c4cccccc-4cc3n2)cc1. The Kier molecular flexibility index (Phi) is 2.49. The summed E-state index contributed by atoms with van der Waals surface area (Å²) in [7, 11) is 0. The number of fused-ring (bicyclic) bond motifs is 3. The lowest BCUT2D eigenvalue weighted by atomic mass is 10.1. The van der Waals surface area contributed by atoms with Gasteiger partial charge >= 0.3 is 0 Å². The molecule has 1 heteroatoms. The van der Waals surface area contributed by atoms with Crippen LogP contribution in [0.4, 0.5) is 0 Å². The average Bonchev–Trinajstić information content (AvgIpc) is 2.68. The van der Waals surface area contributed by atoms with Crippen molar-refractivity contribution in [1.29, 1.82) is 0 Å². The molecule has 20 heavy (non-hydrogen) atoms. The van der Waals surface area contributed by atoms with Gasteiger partial charge in [0.1, 0.15) is 0 Å². The van der Waals surface area contributed by atoms with Gasteiger partial charge in [-0.1, -0.05) is 66.7 Å². The van der Waals surface area contributed by atoms with Gasteiger partial charge in [0.15, 0.2) is 0 Å². The minimum Gasteiger partial charge on any atom is -0.248 e. The molecule has 1 heterocycles. The van der Waals surface area contributed by atoms with Crippen molar-refractivity contribution in [3.05, 3.63) is 78.9 Å². The molecule has 1 aromatic heterocycles. The van der Waals surface area contributed by atoms with Gasteiger partial charge in [-0.15, -0.1) is 0 Å². The summed E-state index contributed by atoms with van der Waals surface area (Å²) >= 11 is 0. The van der Waals surface area contributed by atoms with Crippen molar-refractivity contribution in [1.82, 2.24) is 4.98 Å². The third-order valence-electron chi connectivity index (χ3n) is 3.65. The molecule has 0 fully saturated rings. The van der Waals surface area contributed by atoms with E-state index in [2.05, 4.69) is 60.7 Å². The van der Waals surface area contributed by atoms with E-state index in [1.807, 2.05) is 18.2 Å². The molecule has 0 saturated carbocycles. The number of aromatic nitrogens is 1. The summed E-state index contributed by atoms with van der Waals surface area (Å²) in [6, 6.07) is 27.2. The Labute approximate surface area is 117 Å². The second-order valence-corrected chi connectivity index (χ2v) is 4.92. The molecule has 0 aliphatic heterocycles. The highest BCUT2D eigenvalue weighted by atomic mass is 14.7. The summed E-state index contributed by atoms with van der Waals surface area (Å²) in [6.07, 6.45) is 0. The molecule has 94 valence electrons. The number of hydrogen-bond acceptors (Lipinski definition) is 1. The van der Waals surface area contributed by atoms with Crippen LogP contribution in [0.25, 0.3) is 33.3 Å². The molecule has 0 saturated heterocycles. The highest BCUT2D eigenvalue weighted by Gasteiger charge is 2.10. The molecule has 1 nitrogen and oxygen atoms in total. The summed E-state index contributed by atoms with van der Waals surface area (Å²) in [5, 5.41) is 1.22. The second kappa shape index (κ2) is 4.46. The Balaban J connectivity index is 1.97. The largest absolute Gasteiger partial charge is 0.248 e. The van der Waals surface area contributed by atoms with Crippen LogP contribution in [-0.4, -0.2) is 4.98 Å². The van der Waals surface area contributed by atoms with Crippen LogP contribution in [0.15, 0.2) is 78.9 Å². The van der Waals surface area contributed by atoms with Crippen LogP contribution in [0.3, 0.4) is 0 Å². The highest BCUT2D eigenvalue weighted by Crippen LogP contribution is 2.33. The number of pyridine rings is 1. The van der Waals surface area contributed by atoms with Gasteiger partial charge in [0.05, 0.1) is 11.2 Å². The van der Waals surface area contributed by atoms with Crippen molar-refractivity contribution < 1.29 is 0 Å². The summed E-state index contributed by atoms with van der Waals surface area (Å²) in [5.74, 6) is 0. The quantitative estimate of drug-likeness (QED) is 0.466. The minimum atomic E-state index is 1.03. The van der Waals surface area contributed by atoms with E-state index in [0.717, 1.165) is 16.8 Å². The van der Waals surface area contributed by atoms with Gasteiger partial charge in [-0.3, -0.25) is 0 Å². The predicted octanol–water partition coefficient (Wildman–Crippen LogP) is 5.01. The fraction of sp³-hybridized carbons (Fsp3) is 0. The zero-order valence-corrected chi connectivity index (χ0v) is 11.0. The molecule has 2 aliphatic carbocycles. The Morgan fingerprint density at radius 2 is 1.30 bits per heavy atom. The smallest absolute Gasteiger partial charge is 0.0721 e. The normalized spacial score (nSPS) is 11.0. The first-order valence-corrected chi connectivity index (χ1v) is 6.76. The molecular weight excluding hydrogens is 242 g/mol. The number of hydrogen-bond donors (Lipinski definition) is 0. The first-order valence-electron chi connectivity index (χ1n) is 6.76. The molecule has 0 spiro atoms. The number of benzene rings is 1. The van der Waals surface area contributed by atoms with Crippen molar-refractivity contribution in [3.63, 3.8) is 0 Å². The van der Waals surface area contributed by atoms with Gasteiger partial charge < -0.3 is 0 Å². The molecule has 2 aromatic rings. The standard InChI is InChI=1S/C19H13N/c1-3-7-14(8-4-1)18-12-11-17-16-10-6-2-5-9-15(16)13-19(17)20-18/h1-13H. The molecule has 4 rings (SSSR count). The first-order chi connectivity index (χ1) is 9.92. The predicted molar refractivity (Wildman–Crippen MR) is 83.8 cm³/mol. The third kappa shape index (κ3) is 1.76. The van der Waals surface area contributed by atoms with Crippen LogP contribution in [0.2, 0.25) is 0 Å². The van der Waals surface area contributed by atoms with Crippen LogP contribution in [0.5, 0.6) is 0 Å². The average molecular weight is 255 g/mol. The zero-order valence-electron chi connectivity index (χ0n) is 11.0. The molecule has 0 radical (unpaired) electrons. The number of nitrogens with zero attached hydrogens (tertiary/aromatic N) is 1. The molecule has 0 atom stereocenters. The van der Waals surface area contributed by atoms with E-state index in [9.17, 15) is 0 Å². The lowest BCUT2D eigenvalue weighted by Gasteiger charge is -2.01. The van der Waals surface area contributed by atoms with Crippen molar-refractivity contribution in [2.45, 2.75) is 0 Å². The third-order valence-corrected chi connectivity index (χ3v) is 3.65. The molecule has 2 aliphatic rings. The lowest BCUT2D eigenvalue weighted by molar-refractivity contribution is 1.41. The first kappa shape index (κ1) is 11.2. The molecule has 0 unspecified atom stereocenters. The monoisotopic (exact) mass is 255 g/mol. The number of rotatable bonds is 1. The van der Waals surface area contributed by atoms with Gasteiger partial charge in [0.2, 0.25) is 0 Å². The molecule has 0 N–H and O–H groups in total. The zero-order chi connectivity index (χ0) is 13.4. The van der Waals surface area contributed by atoms with Gasteiger partial charge in [-0.2, -0.15) is 0 Å². The Bertz CT molecular complexity index is 850. The lowest BCUT2D eigenvalue weighted by Crippen LogP contribution is -1.82. The minimum absolute atomic E-state index is 1.03. The van der Waals surface area contributed by atoms with Gasteiger partial charge in [-0.05, 0) is 23.3 Å². The maximum atomic E-state index is 4.80. The van der Waals surface area contributed by atoms with Crippen molar-refractivity contribution >= 4 is 10.9 Å². The highest BCUT2D eigenvalue weighted by molar-refractivity contribution is 6.00. The van der Waals surface area contributed by atoms with Crippen LogP contribution in [-0.2, 0) is 0 Å². The summed E-state index contributed by atoms with van der Waals surface area (Å²) < 4.78 is 0. The van der Waals surface area contributed by atoms with Crippen LogP contribution in [0.1, 0.15) is 0 Å².